The molecular formula is C17H8F6N4S. The molecule has 0 bridgehead atoms. The van der Waals surface area contributed by atoms with Crippen LogP contribution in [-0.4, -0.2) is 15.4 Å². The zero-order valence-corrected chi connectivity index (χ0v) is 14.4. The molecule has 144 valence electrons. The molecule has 0 aliphatic heterocycles. The summed E-state index contributed by atoms with van der Waals surface area (Å²) in [5.41, 5.74) is -2.61. The standard InChI is InChI=1S/C17H8F6N4S/c18-16(19,20)10-5-9(6-11(7-10)17(21,22)23)1-2-12-3-4-14(28-12)15-13(8-24)25-27-26-15/h1-7H,(H,25,26,27)/b2-1+. The molecule has 0 amide bonds. The summed E-state index contributed by atoms with van der Waals surface area (Å²) in [6.45, 7) is 0. The maximum Gasteiger partial charge on any atom is 0.416 e. The zero-order valence-electron chi connectivity index (χ0n) is 13.6. The Labute approximate surface area is 157 Å². The number of hydrogen-bond acceptors (Lipinski definition) is 4. The number of nitriles is 1. The van der Waals surface area contributed by atoms with Gasteiger partial charge in [0.05, 0.1) is 16.0 Å². The van der Waals surface area contributed by atoms with Gasteiger partial charge in [-0.3, -0.25) is 0 Å². The Morgan fingerprint density at radius 2 is 1.57 bits per heavy atom. The van der Waals surface area contributed by atoms with Gasteiger partial charge in [0, 0.05) is 4.88 Å². The van der Waals surface area contributed by atoms with Gasteiger partial charge in [0.1, 0.15) is 11.8 Å². The molecule has 0 spiro atoms. The minimum atomic E-state index is -4.90. The quantitative estimate of drug-likeness (QED) is 0.567. The molecule has 2 heterocycles. The highest BCUT2D eigenvalue weighted by Gasteiger charge is 2.36. The maximum absolute atomic E-state index is 12.9. The summed E-state index contributed by atoms with van der Waals surface area (Å²) < 4.78 is 77.4. The largest absolute Gasteiger partial charge is 0.416 e. The molecule has 0 fully saturated rings. The van der Waals surface area contributed by atoms with Crippen LogP contribution < -0.4 is 0 Å². The lowest BCUT2D eigenvalue weighted by molar-refractivity contribution is -0.143. The van der Waals surface area contributed by atoms with Gasteiger partial charge in [0.15, 0.2) is 5.69 Å². The van der Waals surface area contributed by atoms with Crippen molar-refractivity contribution >= 4 is 23.5 Å². The van der Waals surface area contributed by atoms with Crippen LogP contribution in [0.3, 0.4) is 0 Å². The summed E-state index contributed by atoms with van der Waals surface area (Å²) in [7, 11) is 0. The number of hydrogen-bond donors (Lipinski definition) is 1. The normalized spacial score (nSPS) is 12.5. The molecule has 0 saturated heterocycles. The molecule has 0 saturated carbocycles. The van der Waals surface area contributed by atoms with E-state index >= 15 is 0 Å². The third-order valence-electron chi connectivity index (χ3n) is 3.56. The van der Waals surface area contributed by atoms with Crippen molar-refractivity contribution in [1.82, 2.24) is 15.4 Å². The second kappa shape index (κ2) is 7.12. The van der Waals surface area contributed by atoms with Crippen LogP contribution in [-0.2, 0) is 12.4 Å². The molecule has 0 unspecified atom stereocenters. The molecular weight excluding hydrogens is 406 g/mol. The summed E-state index contributed by atoms with van der Waals surface area (Å²) in [6, 6.07) is 6.44. The van der Waals surface area contributed by atoms with Crippen LogP contribution in [0, 0.1) is 11.3 Å². The highest BCUT2D eigenvalue weighted by Crippen LogP contribution is 2.37. The molecule has 0 radical (unpaired) electrons. The SMILES string of the molecule is N#Cc1n[nH]nc1-c1ccc(/C=C/c2cc(C(F)(F)F)cc(C(F)(F)F)c2)s1. The second-order valence-corrected chi connectivity index (χ2v) is 6.62. The van der Waals surface area contributed by atoms with E-state index in [0.29, 0.717) is 27.6 Å². The molecule has 3 aromatic rings. The molecule has 1 N–H and O–H groups in total. The fourth-order valence-electron chi connectivity index (χ4n) is 2.30. The number of thiophene rings is 1. The lowest BCUT2D eigenvalue weighted by Crippen LogP contribution is -2.11. The molecule has 2 aromatic heterocycles. The number of H-pyrrole nitrogens is 1. The van der Waals surface area contributed by atoms with E-state index in [4.69, 9.17) is 5.26 Å². The Hall–Kier alpha value is -3.13. The first-order chi connectivity index (χ1) is 13.1. The summed E-state index contributed by atoms with van der Waals surface area (Å²) in [5, 5.41) is 18.8. The van der Waals surface area contributed by atoms with Gasteiger partial charge >= 0.3 is 12.4 Å². The van der Waals surface area contributed by atoms with Crippen molar-refractivity contribution in [2.24, 2.45) is 0 Å². The predicted molar refractivity (Wildman–Crippen MR) is 89.8 cm³/mol. The minimum Gasteiger partial charge on any atom is -0.196 e. The van der Waals surface area contributed by atoms with Crippen LogP contribution in [0.25, 0.3) is 22.7 Å². The van der Waals surface area contributed by atoms with E-state index in [2.05, 4.69) is 15.4 Å². The molecule has 11 heteroatoms. The first-order valence-corrected chi connectivity index (χ1v) is 8.28. The lowest BCUT2D eigenvalue weighted by atomic mass is 10.0. The molecule has 4 nitrogen and oxygen atoms in total. The van der Waals surface area contributed by atoms with Crippen LogP contribution >= 0.6 is 11.3 Å². The van der Waals surface area contributed by atoms with Gasteiger partial charge < -0.3 is 0 Å². The van der Waals surface area contributed by atoms with Crippen LogP contribution in [0.1, 0.15) is 27.3 Å². The van der Waals surface area contributed by atoms with E-state index in [-0.39, 0.29) is 17.3 Å². The van der Waals surface area contributed by atoms with E-state index in [0.717, 1.165) is 17.4 Å². The number of aromatic amines is 1. The number of aromatic nitrogens is 3. The Morgan fingerprint density at radius 3 is 2.14 bits per heavy atom. The summed E-state index contributed by atoms with van der Waals surface area (Å²) in [5.74, 6) is 0. The Morgan fingerprint density at radius 1 is 0.929 bits per heavy atom. The van der Waals surface area contributed by atoms with Crippen molar-refractivity contribution in [2.45, 2.75) is 12.4 Å². The fraction of sp³-hybridized carbons (Fsp3) is 0.118. The van der Waals surface area contributed by atoms with Gasteiger partial charge in [0.2, 0.25) is 0 Å². The number of halogens is 6. The molecule has 0 aliphatic carbocycles. The minimum absolute atomic E-state index is 0.0741. The fourth-order valence-corrected chi connectivity index (χ4v) is 3.21. The Balaban J connectivity index is 1.93. The smallest absolute Gasteiger partial charge is 0.196 e. The molecule has 28 heavy (non-hydrogen) atoms. The number of rotatable bonds is 3. The van der Waals surface area contributed by atoms with Crippen molar-refractivity contribution in [3.05, 3.63) is 57.6 Å². The second-order valence-electron chi connectivity index (χ2n) is 5.51. The van der Waals surface area contributed by atoms with E-state index in [1.807, 2.05) is 6.07 Å². The average molecular weight is 414 g/mol. The predicted octanol–water partition coefficient (Wildman–Crippen LogP) is 5.61. The van der Waals surface area contributed by atoms with Gasteiger partial charge in [-0.25, -0.2) is 0 Å². The molecule has 1 aromatic carbocycles. The Kier molecular flexibility index (Phi) is 4.99. The number of nitrogens with zero attached hydrogens (tertiary/aromatic N) is 3. The topological polar surface area (TPSA) is 65.4 Å². The lowest BCUT2D eigenvalue weighted by Gasteiger charge is -2.12. The number of nitrogens with one attached hydrogen (secondary N) is 1. The van der Waals surface area contributed by atoms with Gasteiger partial charge in [-0.2, -0.15) is 41.9 Å². The first-order valence-electron chi connectivity index (χ1n) is 7.46. The van der Waals surface area contributed by atoms with Crippen LogP contribution in [0.4, 0.5) is 26.3 Å². The van der Waals surface area contributed by atoms with Gasteiger partial charge in [0.25, 0.3) is 0 Å². The van der Waals surface area contributed by atoms with E-state index in [1.54, 1.807) is 12.1 Å². The number of benzene rings is 1. The van der Waals surface area contributed by atoms with Crippen LogP contribution in [0.2, 0.25) is 0 Å². The molecule has 3 rings (SSSR count). The van der Waals surface area contributed by atoms with Crippen molar-refractivity contribution in [3.8, 4) is 16.6 Å². The van der Waals surface area contributed by atoms with E-state index < -0.39 is 23.5 Å². The first kappa shape index (κ1) is 19.6. The van der Waals surface area contributed by atoms with Crippen LogP contribution in [0.5, 0.6) is 0 Å². The summed E-state index contributed by atoms with van der Waals surface area (Å²) >= 11 is 1.15. The van der Waals surface area contributed by atoms with E-state index in [9.17, 15) is 26.3 Å². The highest BCUT2D eigenvalue weighted by molar-refractivity contribution is 7.16. The van der Waals surface area contributed by atoms with Gasteiger partial charge in [-0.1, -0.05) is 6.08 Å². The monoisotopic (exact) mass is 414 g/mol. The maximum atomic E-state index is 12.9. The van der Waals surface area contributed by atoms with Crippen molar-refractivity contribution in [2.75, 3.05) is 0 Å². The van der Waals surface area contributed by atoms with Crippen molar-refractivity contribution in [3.63, 3.8) is 0 Å². The third kappa shape index (κ3) is 4.23. The summed E-state index contributed by atoms with van der Waals surface area (Å²) in [6.07, 6.45) is -7.26. The molecule has 0 aliphatic rings. The third-order valence-corrected chi connectivity index (χ3v) is 4.62. The average Bonchev–Trinajstić information content (AvgIpc) is 3.26. The molecule has 0 atom stereocenters. The summed E-state index contributed by atoms with van der Waals surface area (Å²) in [4.78, 5) is 1.12. The number of alkyl halides is 6. The van der Waals surface area contributed by atoms with Crippen molar-refractivity contribution < 1.29 is 26.3 Å². The van der Waals surface area contributed by atoms with Gasteiger partial charge in [-0.15, -0.1) is 16.4 Å². The van der Waals surface area contributed by atoms with Gasteiger partial charge in [-0.05, 0) is 42.0 Å². The highest BCUT2D eigenvalue weighted by atomic mass is 32.1. The Bertz CT molecular complexity index is 1040. The van der Waals surface area contributed by atoms with E-state index in [1.165, 1.54) is 6.08 Å². The van der Waals surface area contributed by atoms with Crippen LogP contribution in [0.15, 0.2) is 30.3 Å². The van der Waals surface area contributed by atoms with Crippen molar-refractivity contribution in [1.29, 1.82) is 5.26 Å². The zero-order chi connectivity index (χ0) is 20.5.